The first-order valence-corrected chi connectivity index (χ1v) is 7.23. The average molecular weight is 246 g/mol. The summed E-state index contributed by atoms with van der Waals surface area (Å²) in [5.74, 6) is 0.355. The zero-order chi connectivity index (χ0) is 12.1. The van der Waals surface area contributed by atoms with E-state index in [1.165, 1.54) is 51.4 Å². The molecule has 0 atom stereocenters. The summed E-state index contributed by atoms with van der Waals surface area (Å²) in [6.07, 6.45) is 12.6. The van der Waals surface area contributed by atoms with Crippen molar-refractivity contribution in [3.8, 4) is 0 Å². The molecule has 0 saturated heterocycles. The molecule has 0 aromatic heterocycles. The summed E-state index contributed by atoms with van der Waals surface area (Å²) in [5, 5.41) is 8.45. The maximum atomic E-state index is 10.3. The molecule has 0 unspecified atom stereocenters. The van der Waals surface area contributed by atoms with Crippen LogP contribution in [0, 0.1) is 0 Å². The molecule has 0 aliphatic rings. The number of rotatable bonds is 12. The quantitative estimate of drug-likeness (QED) is 0.398. The minimum absolute atomic E-state index is 0.337. The molecule has 96 valence electrons. The molecule has 0 spiro atoms. The molecule has 0 aliphatic carbocycles. The van der Waals surface area contributed by atoms with Crippen molar-refractivity contribution in [1.29, 1.82) is 0 Å². The zero-order valence-corrected chi connectivity index (χ0v) is 11.2. The van der Waals surface area contributed by atoms with E-state index in [9.17, 15) is 4.79 Å². The van der Waals surface area contributed by atoms with Crippen LogP contribution < -0.4 is 0 Å². The number of carboxylic acid groups (broad SMARTS) is 1. The second-order valence-electron chi connectivity index (χ2n) is 4.40. The molecule has 0 radical (unpaired) electrons. The van der Waals surface area contributed by atoms with Crippen LogP contribution in [0.2, 0.25) is 0 Å². The molecule has 0 heterocycles. The van der Waals surface area contributed by atoms with Gasteiger partial charge in [0.2, 0.25) is 0 Å². The van der Waals surface area contributed by atoms with E-state index in [4.69, 9.17) is 5.11 Å². The summed E-state index contributed by atoms with van der Waals surface area (Å²) in [6, 6.07) is 0. The lowest BCUT2D eigenvalue weighted by Crippen LogP contribution is -1.93. The summed E-state index contributed by atoms with van der Waals surface area (Å²) < 4.78 is 0. The Labute approximate surface area is 105 Å². The molecule has 0 rings (SSSR count). The Balaban J connectivity index is 2.90. The topological polar surface area (TPSA) is 37.3 Å². The van der Waals surface area contributed by atoms with E-state index < -0.39 is 5.97 Å². The second-order valence-corrected chi connectivity index (χ2v) is 4.85. The lowest BCUT2D eigenvalue weighted by molar-refractivity contribution is -0.137. The number of unbranched alkanes of at least 4 members (excludes halogenated alkanes) is 9. The summed E-state index contributed by atoms with van der Waals surface area (Å²) >= 11 is 4.18. The fraction of sp³-hybridized carbons (Fsp3) is 0.923. The molecule has 16 heavy (non-hydrogen) atoms. The van der Waals surface area contributed by atoms with Gasteiger partial charge in [-0.15, -0.1) is 0 Å². The van der Waals surface area contributed by atoms with Gasteiger partial charge < -0.3 is 5.11 Å². The number of carbonyl (C=O) groups is 1. The number of hydrogen-bond acceptors (Lipinski definition) is 2. The van der Waals surface area contributed by atoms with Gasteiger partial charge in [0.25, 0.3) is 0 Å². The van der Waals surface area contributed by atoms with E-state index in [0.29, 0.717) is 6.42 Å². The summed E-state index contributed by atoms with van der Waals surface area (Å²) in [6.45, 7) is 0. The zero-order valence-electron chi connectivity index (χ0n) is 10.3. The maximum absolute atomic E-state index is 10.3. The van der Waals surface area contributed by atoms with Crippen LogP contribution in [0.5, 0.6) is 0 Å². The standard InChI is InChI=1S/C13H26O2S/c14-13(15)11-9-7-5-3-1-2-4-6-8-10-12-16/h16H,1-12H2,(H,14,15). The number of carboxylic acids is 1. The van der Waals surface area contributed by atoms with E-state index in [1.54, 1.807) is 0 Å². The minimum Gasteiger partial charge on any atom is -0.481 e. The van der Waals surface area contributed by atoms with E-state index in [0.717, 1.165) is 18.6 Å². The van der Waals surface area contributed by atoms with E-state index in [1.807, 2.05) is 0 Å². The number of hydrogen-bond donors (Lipinski definition) is 2. The first kappa shape index (κ1) is 15.8. The molecular formula is C13H26O2S. The van der Waals surface area contributed by atoms with Gasteiger partial charge >= 0.3 is 5.97 Å². The lowest BCUT2D eigenvalue weighted by atomic mass is 10.1. The van der Waals surface area contributed by atoms with Gasteiger partial charge in [-0.3, -0.25) is 4.79 Å². The molecule has 0 amide bonds. The molecular weight excluding hydrogens is 220 g/mol. The predicted molar refractivity (Wildman–Crippen MR) is 72.3 cm³/mol. The van der Waals surface area contributed by atoms with Crippen LogP contribution in [0.3, 0.4) is 0 Å². The van der Waals surface area contributed by atoms with Gasteiger partial charge in [-0.05, 0) is 18.6 Å². The van der Waals surface area contributed by atoms with Crippen molar-refractivity contribution >= 4 is 18.6 Å². The van der Waals surface area contributed by atoms with Crippen LogP contribution in [0.25, 0.3) is 0 Å². The normalized spacial score (nSPS) is 10.6. The van der Waals surface area contributed by atoms with Gasteiger partial charge in [0, 0.05) is 6.42 Å². The second kappa shape index (κ2) is 12.9. The van der Waals surface area contributed by atoms with Crippen LogP contribution in [0.15, 0.2) is 0 Å². The van der Waals surface area contributed by atoms with Crippen LogP contribution in [-0.4, -0.2) is 16.8 Å². The highest BCUT2D eigenvalue weighted by molar-refractivity contribution is 7.80. The van der Waals surface area contributed by atoms with Gasteiger partial charge in [0.1, 0.15) is 0 Å². The highest BCUT2D eigenvalue weighted by Crippen LogP contribution is 2.11. The van der Waals surface area contributed by atoms with Crippen molar-refractivity contribution in [2.75, 3.05) is 5.75 Å². The van der Waals surface area contributed by atoms with Gasteiger partial charge in [-0.25, -0.2) is 0 Å². The molecule has 0 aromatic carbocycles. The highest BCUT2D eigenvalue weighted by Gasteiger charge is 1.96. The Bertz CT molecular complexity index is 160. The largest absolute Gasteiger partial charge is 0.481 e. The predicted octanol–water partition coefficient (Wildman–Crippen LogP) is 4.29. The highest BCUT2D eigenvalue weighted by atomic mass is 32.1. The van der Waals surface area contributed by atoms with Gasteiger partial charge in [0.05, 0.1) is 0 Å². The molecule has 0 saturated carbocycles. The van der Waals surface area contributed by atoms with Crippen molar-refractivity contribution < 1.29 is 9.90 Å². The molecule has 1 N–H and O–H groups in total. The van der Waals surface area contributed by atoms with Crippen molar-refractivity contribution in [2.24, 2.45) is 0 Å². The molecule has 2 nitrogen and oxygen atoms in total. The number of aliphatic carboxylic acids is 1. The molecule has 0 fully saturated rings. The Morgan fingerprint density at radius 1 is 0.750 bits per heavy atom. The van der Waals surface area contributed by atoms with Crippen molar-refractivity contribution in [1.82, 2.24) is 0 Å². The summed E-state index contributed by atoms with van der Waals surface area (Å²) in [7, 11) is 0. The third kappa shape index (κ3) is 13.8. The lowest BCUT2D eigenvalue weighted by Gasteiger charge is -2.01. The third-order valence-electron chi connectivity index (χ3n) is 2.80. The van der Waals surface area contributed by atoms with Crippen molar-refractivity contribution in [3.63, 3.8) is 0 Å². The Morgan fingerprint density at radius 3 is 1.50 bits per heavy atom. The SMILES string of the molecule is O=C(O)CCCCCCCCCCCCS. The van der Waals surface area contributed by atoms with Gasteiger partial charge in [-0.1, -0.05) is 51.4 Å². The fourth-order valence-corrected chi connectivity index (χ4v) is 2.03. The van der Waals surface area contributed by atoms with E-state index in [2.05, 4.69) is 12.6 Å². The third-order valence-corrected chi connectivity index (χ3v) is 3.11. The first-order valence-electron chi connectivity index (χ1n) is 6.60. The first-order chi connectivity index (χ1) is 7.77. The Hall–Kier alpha value is -0.180. The van der Waals surface area contributed by atoms with Crippen molar-refractivity contribution in [2.45, 2.75) is 70.6 Å². The Morgan fingerprint density at radius 2 is 1.12 bits per heavy atom. The molecule has 0 aromatic rings. The Kier molecular flexibility index (Phi) is 12.7. The smallest absolute Gasteiger partial charge is 0.303 e. The maximum Gasteiger partial charge on any atom is 0.303 e. The van der Waals surface area contributed by atoms with Crippen molar-refractivity contribution in [3.05, 3.63) is 0 Å². The minimum atomic E-state index is -0.663. The molecule has 0 bridgehead atoms. The van der Waals surface area contributed by atoms with Crippen LogP contribution in [0.1, 0.15) is 70.6 Å². The van der Waals surface area contributed by atoms with Gasteiger partial charge in [-0.2, -0.15) is 12.6 Å². The average Bonchev–Trinajstić information content (AvgIpc) is 2.25. The summed E-state index contributed by atoms with van der Waals surface area (Å²) in [5.41, 5.74) is 0. The van der Waals surface area contributed by atoms with Crippen LogP contribution in [-0.2, 0) is 4.79 Å². The van der Waals surface area contributed by atoms with E-state index in [-0.39, 0.29) is 0 Å². The van der Waals surface area contributed by atoms with Crippen LogP contribution >= 0.6 is 12.6 Å². The fourth-order valence-electron chi connectivity index (χ4n) is 1.80. The summed E-state index contributed by atoms with van der Waals surface area (Å²) in [4.78, 5) is 10.3. The molecule has 0 aliphatic heterocycles. The molecule has 3 heteroatoms. The number of thiol groups is 1. The van der Waals surface area contributed by atoms with E-state index >= 15 is 0 Å². The monoisotopic (exact) mass is 246 g/mol. The van der Waals surface area contributed by atoms with Gasteiger partial charge in [0.15, 0.2) is 0 Å². The van der Waals surface area contributed by atoms with Crippen LogP contribution in [0.4, 0.5) is 0 Å².